The van der Waals surface area contributed by atoms with Crippen LogP contribution in [0, 0.1) is 0 Å². The Morgan fingerprint density at radius 1 is 1.40 bits per heavy atom. The van der Waals surface area contributed by atoms with Gasteiger partial charge >= 0.3 is 0 Å². The molecule has 0 bridgehead atoms. The monoisotopic (exact) mass is 298 g/mol. The molecule has 6 heteroatoms. The lowest BCUT2D eigenvalue weighted by Crippen LogP contribution is -2.57. The minimum Gasteiger partial charge on any atom is -0.497 e. The SMILES string of the molecule is COc1cccc(CS(=O)(=O)N2CCNC(C)C2C)c1. The van der Waals surface area contributed by atoms with Gasteiger partial charge < -0.3 is 10.1 Å². The number of ether oxygens (including phenoxy) is 1. The minimum absolute atomic E-state index is 0.0151. The Morgan fingerprint density at radius 2 is 2.15 bits per heavy atom. The van der Waals surface area contributed by atoms with Crippen LogP contribution < -0.4 is 10.1 Å². The standard InChI is InChI=1S/C14H22N2O3S/c1-11-12(2)16(8-7-15-11)20(17,18)10-13-5-4-6-14(9-13)19-3/h4-6,9,11-12,15H,7-8,10H2,1-3H3. The maximum absolute atomic E-state index is 12.6. The summed E-state index contributed by atoms with van der Waals surface area (Å²) in [5, 5.41) is 3.29. The molecule has 5 nitrogen and oxygen atoms in total. The van der Waals surface area contributed by atoms with E-state index in [0.29, 0.717) is 18.8 Å². The summed E-state index contributed by atoms with van der Waals surface area (Å²) in [7, 11) is -1.73. The van der Waals surface area contributed by atoms with Crippen molar-refractivity contribution in [3.8, 4) is 5.75 Å². The summed E-state index contributed by atoms with van der Waals surface area (Å²) in [6, 6.07) is 7.35. The smallest absolute Gasteiger partial charge is 0.218 e. The predicted octanol–water partition coefficient (Wildman–Crippen LogP) is 1.21. The Kier molecular flexibility index (Phi) is 4.67. The molecule has 1 N–H and O–H groups in total. The number of nitrogens with one attached hydrogen (secondary N) is 1. The van der Waals surface area contributed by atoms with Gasteiger partial charge in [0.1, 0.15) is 5.75 Å². The summed E-state index contributed by atoms with van der Waals surface area (Å²) < 4.78 is 31.9. The van der Waals surface area contributed by atoms with Crippen LogP contribution in [0.5, 0.6) is 5.75 Å². The van der Waals surface area contributed by atoms with Gasteiger partial charge in [0.2, 0.25) is 10.0 Å². The van der Waals surface area contributed by atoms with Gasteiger partial charge in [-0.1, -0.05) is 12.1 Å². The van der Waals surface area contributed by atoms with Crippen LogP contribution >= 0.6 is 0 Å². The lowest BCUT2D eigenvalue weighted by molar-refractivity contribution is 0.232. The fraction of sp³-hybridized carbons (Fsp3) is 0.571. The fourth-order valence-corrected chi connectivity index (χ4v) is 4.30. The van der Waals surface area contributed by atoms with Crippen molar-refractivity contribution in [3.05, 3.63) is 29.8 Å². The molecule has 0 spiro atoms. The number of piperazine rings is 1. The van der Waals surface area contributed by atoms with Crippen molar-refractivity contribution in [3.63, 3.8) is 0 Å². The van der Waals surface area contributed by atoms with E-state index < -0.39 is 10.0 Å². The zero-order chi connectivity index (χ0) is 14.8. The second-order valence-corrected chi connectivity index (χ2v) is 7.12. The van der Waals surface area contributed by atoms with Gasteiger partial charge in [0.05, 0.1) is 12.9 Å². The third-order valence-electron chi connectivity index (χ3n) is 3.82. The number of hydrogen-bond donors (Lipinski definition) is 1. The highest BCUT2D eigenvalue weighted by molar-refractivity contribution is 7.88. The van der Waals surface area contributed by atoms with Crippen LogP contribution in [0.2, 0.25) is 0 Å². The summed E-state index contributed by atoms with van der Waals surface area (Å²) in [5.74, 6) is 0.695. The number of nitrogens with zero attached hydrogens (tertiary/aromatic N) is 1. The Hall–Kier alpha value is -1.11. The van der Waals surface area contributed by atoms with Crippen molar-refractivity contribution in [2.75, 3.05) is 20.2 Å². The van der Waals surface area contributed by atoms with Gasteiger partial charge in [-0.25, -0.2) is 8.42 Å². The number of benzene rings is 1. The molecule has 0 aliphatic carbocycles. The van der Waals surface area contributed by atoms with Crippen molar-refractivity contribution < 1.29 is 13.2 Å². The summed E-state index contributed by atoms with van der Waals surface area (Å²) in [4.78, 5) is 0. The Labute approximate surface area is 121 Å². The lowest BCUT2D eigenvalue weighted by Gasteiger charge is -2.37. The maximum Gasteiger partial charge on any atom is 0.218 e. The van der Waals surface area contributed by atoms with Crippen LogP contribution in [-0.4, -0.2) is 45.0 Å². The van der Waals surface area contributed by atoms with E-state index in [1.807, 2.05) is 32.0 Å². The largest absolute Gasteiger partial charge is 0.497 e. The molecule has 112 valence electrons. The molecule has 1 fully saturated rings. The maximum atomic E-state index is 12.6. The van der Waals surface area contributed by atoms with E-state index >= 15 is 0 Å². The summed E-state index contributed by atoms with van der Waals surface area (Å²) in [6.45, 7) is 5.18. The summed E-state index contributed by atoms with van der Waals surface area (Å²) in [6.07, 6.45) is 0. The van der Waals surface area contributed by atoms with Crippen LogP contribution in [-0.2, 0) is 15.8 Å². The first kappa shape index (κ1) is 15.3. The summed E-state index contributed by atoms with van der Waals surface area (Å²) >= 11 is 0. The molecule has 0 aromatic heterocycles. The average molecular weight is 298 g/mol. The second kappa shape index (κ2) is 6.11. The van der Waals surface area contributed by atoms with Crippen LogP contribution in [0.1, 0.15) is 19.4 Å². The molecule has 1 aliphatic heterocycles. The molecular formula is C14H22N2O3S. The molecule has 2 rings (SSSR count). The zero-order valence-electron chi connectivity index (χ0n) is 12.2. The van der Waals surface area contributed by atoms with Crippen LogP contribution in [0.15, 0.2) is 24.3 Å². The highest BCUT2D eigenvalue weighted by Crippen LogP contribution is 2.20. The first-order valence-corrected chi connectivity index (χ1v) is 8.41. The van der Waals surface area contributed by atoms with Gasteiger partial charge in [-0.3, -0.25) is 0 Å². The van der Waals surface area contributed by atoms with E-state index in [0.717, 1.165) is 5.56 Å². The molecule has 20 heavy (non-hydrogen) atoms. The molecule has 1 saturated heterocycles. The number of rotatable bonds is 4. The third-order valence-corrected chi connectivity index (χ3v) is 5.74. The van der Waals surface area contributed by atoms with Crippen molar-refractivity contribution in [1.82, 2.24) is 9.62 Å². The Bertz CT molecular complexity index is 559. The lowest BCUT2D eigenvalue weighted by atomic mass is 10.1. The van der Waals surface area contributed by atoms with E-state index in [-0.39, 0.29) is 17.8 Å². The molecule has 0 radical (unpaired) electrons. The van der Waals surface area contributed by atoms with Crippen LogP contribution in [0.25, 0.3) is 0 Å². The predicted molar refractivity (Wildman–Crippen MR) is 79.3 cm³/mol. The van der Waals surface area contributed by atoms with E-state index in [4.69, 9.17) is 4.74 Å². The minimum atomic E-state index is -3.31. The van der Waals surface area contributed by atoms with Gasteiger partial charge in [-0.15, -0.1) is 0 Å². The van der Waals surface area contributed by atoms with Gasteiger partial charge in [0.25, 0.3) is 0 Å². The topological polar surface area (TPSA) is 58.6 Å². The van der Waals surface area contributed by atoms with Gasteiger partial charge in [-0.2, -0.15) is 4.31 Å². The highest BCUT2D eigenvalue weighted by atomic mass is 32.2. The van der Waals surface area contributed by atoms with Crippen molar-refractivity contribution >= 4 is 10.0 Å². The van der Waals surface area contributed by atoms with Gasteiger partial charge in [-0.05, 0) is 31.5 Å². The van der Waals surface area contributed by atoms with Crippen molar-refractivity contribution in [2.45, 2.75) is 31.7 Å². The quantitative estimate of drug-likeness (QED) is 0.907. The normalized spacial score (nSPS) is 24.6. The number of sulfonamides is 1. The van der Waals surface area contributed by atoms with Crippen molar-refractivity contribution in [1.29, 1.82) is 0 Å². The van der Waals surface area contributed by atoms with Crippen LogP contribution in [0.4, 0.5) is 0 Å². The van der Waals surface area contributed by atoms with Crippen molar-refractivity contribution in [2.24, 2.45) is 0 Å². The highest BCUT2D eigenvalue weighted by Gasteiger charge is 2.33. The Balaban J connectivity index is 2.17. The van der Waals surface area contributed by atoms with E-state index in [2.05, 4.69) is 5.32 Å². The molecule has 1 aromatic carbocycles. The second-order valence-electron chi connectivity index (χ2n) is 5.20. The molecule has 2 atom stereocenters. The molecule has 1 heterocycles. The van der Waals surface area contributed by atoms with E-state index in [1.54, 1.807) is 17.5 Å². The number of hydrogen-bond acceptors (Lipinski definition) is 4. The third kappa shape index (κ3) is 3.31. The first-order chi connectivity index (χ1) is 9.44. The van der Waals surface area contributed by atoms with E-state index in [9.17, 15) is 8.42 Å². The van der Waals surface area contributed by atoms with E-state index in [1.165, 1.54) is 0 Å². The molecule has 2 unspecified atom stereocenters. The van der Waals surface area contributed by atoms with Gasteiger partial charge in [0.15, 0.2) is 0 Å². The number of methoxy groups -OCH3 is 1. The molecule has 1 aromatic rings. The molecule has 1 aliphatic rings. The summed E-state index contributed by atoms with van der Waals surface area (Å²) in [5.41, 5.74) is 0.753. The Morgan fingerprint density at radius 3 is 2.85 bits per heavy atom. The fourth-order valence-electron chi connectivity index (χ4n) is 2.47. The molecule has 0 saturated carbocycles. The van der Waals surface area contributed by atoms with Gasteiger partial charge in [0, 0.05) is 25.2 Å². The molecular weight excluding hydrogens is 276 g/mol. The first-order valence-electron chi connectivity index (χ1n) is 6.80. The molecule has 0 amide bonds. The van der Waals surface area contributed by atoms with Crippen LogP contribution in [0.3, 0.4) is 0 Å². The zero-order valence-corrected chi connectivity index (χ0v) is 13.0. The average Bonchev–Trinajstić information content (AvgIpc) is 2.41.